The van der Waals surface area contributed by atoms with Crippen molar-refractivity contribution in [3.05, 3.63) is 0 Å². The number of ether oxygens (including phenoxy) is 4. The van der Waals surface area contributed by atoms with Crippen molar-refractivity contribution in [2.45, 2.75) is 426 Å². The quantitative estimate of drug-likeness (QED) is 0.0222. The Balaban J connectivity index is 5.15. The number of aliphatic hydroxyl groups excluding tert-OH is 1. The van der Waals surface area contributed by atoms with Crippen LogP contribution in [0.2, 0.25) is 0 Å². The Labute approximate surface area is 594 Å². The molecule has 0 aliphatic heterocycles. The molecule has 0 aliphatic rings. The van der Waals surface area contributed by atoms with E-state index in [1.54, 1.807) is 0 Å². The third-order valence-corrected chi connectivity index (χ3v) is 20.8. The Kier molecular flexibility index (Phi) is 68.4. The molecule has 0 bridgehead atoms. The van der Waals surface area contributed by atoms with Gasteiger partial charge in [0.15, 0.2) is 12.2 Å². The summed E-state index contributed by atoms with van der Waals surface area (Å²) in [7, 11) is -9.91. The van der Waals surface area contributed by atoms with E-state index in [1.807, 2.05) is 0 Å². The maximum absolute atomic E-state index is 13.1. The molecule has 0 aromatic rings. The number of aliphatic hydroxyl groups is 1. The zero-order chi connectivity index (χ0) is 71.4. The summed E-state index contributed by atoms with van der Waals surface area (Å²) in [5.74, 6) is -0.552. The van der Waals surface area contributed by atoms with Crippen LogP contribution in [0.1, 0.15) is 408 Å². The third-order valence-electron chi connectivity index (χ3n) is 18.9. The van der Waals surface area contributed by atoms with E-state index in [-0.39, 0.29) is 25.7 Å². The van der Waals surface area contributed by atoms with Gasteiger partial charge in [0.1, 0.15) is 19.3 Å². The van der Waals surface area contributed by atoms with E-state index >= 15 is 0 Å². The maximum atomic E-state index is 13.1. The number of carbonyl (C=O) groups excluding carboxylic acids is 4. The highest BCUT2D eigenvalue weighted by Gasteiger charge is 2.30. The maximum Gasteiger partial charge on any atom is 0.472 e. The summed E-state index contributed by atoms with van der Waals surface area (Å²) in [5.41, 5.74) is 0. The molecule has 0 rings (SSSR count). The summed E-state index contributed by atoms with van der Waals surface area (Å²) in [6, 6.07) is 0. The highest BCUT2D eigenvalue weighted by atomic mass is 31.2. The molecule has 0 saturated heterocycles. The van der Waals surface area contributed by atoms with Crippen molar-refractivity contribution in [2.75, 3.05) is 39.6 Å². The molecule has 3 N–H and O–H groups in total. The Morgan fingerprint density at radius 2 is 0.495 bits per heavy atom. The van der Waals surface area contributed by atoms with Crippen molar-refractivity contribution < 1.29 is 80.2 Å². The second-order valence-electron chi connectivity index (χ2n) is 28.6. The van der Waals surface area contributed by atoms with Crippen molar-refractivity contribution in [1.29, 1.82) is 0 Å². The van der Waals surface area contributed by atoms with Crippen LogP contribution in [0.15, 0.2) is 0 Å². The SMILES string of the molecule is CCCCCCCCCCCCCCCCCCCCCCCCC(=O)O[C@H](COC(=O)CCCCCCCCCCCCCCCCC(C)CC)COP(=O)(O)OC[C@@H](O)COP(=O)(O)OC[C@@H](COC(=O)CCCCCCCCC)OC(=O)CCCCCCCCC(C)CC. The van der Waals surface area contributed by atoms with Crippen LogP contribution in [0.4, 0.5) is 0 Å². The first-order chi connectivity index (χ1) is 46.9. The summed E-state index contributed by atoms with van der Waals surface area (Å²) in [6.45, 7) is 9.56. The molecule has 0 amide bonds. The monoisotopic (exact) mass is 1420 g/mol. The van der Waals surface area contributed by atoms with Crippen molar-refractivity contribution in [1.82, 2.24) is 0 Å². The number of rotatable bonds is 77. The van der Waals surface area contributed by atoms with Gasteiger partial charge in [0.2, 0.25) is 0 Å². The van der Waals surface area contributed by atoms with Gasteiger partial charge in [-0.3, -0.25) is 37.3 Å². The van der Waals surface area contributed by atoms with Gasteiger partial charge in [0.25, 0.3) is 0 Å². The average molecular weight is 1420 g/mol. The highest BCUT2D eigenvalue weighted by molar-refractivity contribution is 7.47. The molecule has 19 heteroatoms. The predicted molar refractivity (Wildman–Crippen MR) is 395 cm³/mol. The topological polar surface area (TPSA) is 237 Å². The van der Waals surface area contributed by atoms with Gasteiger partial charge in [-0.2, -0.15) is 0 Å². The molecule has 0 fully saturated rings. The number of unbranched alkanes of at least 4 members (excludes halogenated alkanes) is 45. The van der Waals surface area contributed by atoms with Crippen LogP contribution in [-0.2, 0) is 65.4 Å². The van der Waals surface area contributed by atoms with Gasteiger partial charge in [-0.25, -0.2) is 9.13 Å². The fourth-order valence-electron chi connectivity index (χ4n) is 11.9. The van der Waals surface area contributed by atoms with Gasteiger partial charge >= 0.3 is 39.5 Å². The first kappa shape index (κ1) is 95.1. The lowest BCUT2D eigenvalue weighted by molar-refractivity contribution is -0.161. The summed E-state index contributed by atoms with van der Waals surface area (Å²) >= 11 is 0. The Morgan fingerprint density at radius 1 is 0.289 bits per heavy atom. The molecule has 576 valence electrons. The first-order valence-electron chi connectivity index (χ1n) is 40.6. The van der Waals surface area contributed by atoms with Gasteiger partial charge in [-0.1, -0.05) is 356 Å². The average Bonchev–Trinajstić information content (AvgIpc) is 1.08. The van der Waals surface area contributed by atoms with Crippen molar-refractivity contribution in [2.24, 2.45) is 11.8 Å². The van der Waals surface area contributed by atoms with Crippen molar-refractivity contribution in [3.63, 3.8) is 0 Å². The van der Waals surface area contributed by atoms with Crippen LogP contribution in [0, 0.1) is 11.8 Å². The minimum absolute atomic E-state index is 0.103. The second kappa shape index (κ2) is 69.8. The summed E-state index contributed by atoms with van der Waals surface area (Å²) in [6.07, 6.45) is 58.7. The third kappa shape index (κ3) is 69.5. The minimum Gasteiger partial charge on any atom is -0.462 e. The molecular weight excluding hydrogens is 1270 g/mol. The van der Waals surface area contributed by atoms with Gasteiger partial charge < -0.3 is 33.8 Å². The van der Waals surface area contributed by atoms with E-state index in [2.05, 4.69) is 41.5 Å². The lowest BCUT2D eigenvalue weighted by Gasteiger charge is -2.21. The summed E-state index contributed by atoms with van der Waals surface area (Å²) in [5, 5.41) is 10.6. The Morgan fingerprint density at radius 3 is 0.732 bits per heavy atom. The van der Waals surface area contributed by atoms with E-state index in [0.29, 0.717) is 25.7 Å². The number of esters is 4. The number of hydrogen-bond acceptors (Lipinski definition) is 15. The van der Waals surface area contributed by atoms with E-state index in [0.717, 1.165) is 115 Å². The van der Waals surface area contributed by atoms with Crippen LogP contribution in [0.5, 0.6) is 0 Å². The Bertz CT molecular complexity index is 1880. The minimum atomic E-state index is -4.96. The number of carbonyl (C=O) groups is 4. The van der Waals surface area contributed by atoms with E-state index in [1.165, 1.54) is 212 Å². The Hall–Kier alpha value is -1.94. The second-order valence-corrected chi connectivity index (χ2v) is 31.5. The first-order valence-corrected chi connectivity index (χ1v) is 43.6. The zero-order valence-electron chi connectivity index (χ0n) is 63.4. The fourth-order valence-corrected chi connectivity index (χ4v) is 13.5. The number of hydrogen-bond donors (Lipinski definition) is 3. The molecule has 0 aromatic carbocycles. The lowest BCUT2D eigenvalue weighted by atomic mass is 9.99. The highest BCUT2D eigenvalue weighted by Crippen LogP contribution is 2.45. The molecule has 17 nitrogen and oxygen atoms in total. The van der Waals surface area contributed by atoms with E-state index < -0.39 is 97.5 Å². The molecule has 0 aromatic heterocycles. The molecule has 97 heavy (non-hydrogen) atoms. The smallest absolute Gasteiger partial charge is 0.462 e. The standard InChI is InChI=1S/C78H152O17P2/c1-7-11-13-15-17-18-19-20-21-22-23-24-25-26-27-28-33-36-39-43-50-56-62-77(82)94-73(67-89-76(81)61-55-49-42-38-35-32-30-29-31-34-37-41-46-52-58-70(5)9-3)68-92-96(84,85)90-64-72(79)65-91-97(86,87)93-69-74(66-88-75(80)60-54-48-40-16-14-12-8-2)95-78(83)63-57-51-45-44-47-53-59-71(6)10-4/h70-74,79H,7-69H2,1-6H3,(H,84,85)(H,86,87)/t70?,71?,72-,73-,74-/m1/s1. The van der Waals surface area contributed by atoms with Gasteiger partial charge in [0, 0.05) is 25.7 Å². The number of phosphoric ester groups is 2. The van der Waals surface area contributed by atoms with Crippen LogP contribution < -0.4 is 0 Å². The van der Waals surface area contributed by atoms with Gasteiger partial charge in [0.05, 0.1) is 26.4 Å². The molecule has 4 unspecified atom stereocenters. The van der Waals surface area contributed by atoms with Crippen molar-refractivity contribution in [3.8, 4) is 0 Å². The van der Waals surface area contributed by atoms with Gasteiger partial charge in [-0.05, 0) is 37.5 Å². The molecule has 0 radical (unpaired) electrons. The molecule has 0 saturated carbocycles. The van der Waals surface area contributed by atoms with Crippen LogP contribution in [0.25, 0.3) is 0 Å². The van der Waals surface area contributed by atoms with E-state index in [9.17, 15) is 43.2 Å². The largest absolute Gasteiger partial charge is 0.472 e. The molecule has 0 heterocycles. The lowest BCUT2D eigenvalue weighted by Crippen LogP contribution is -2.30. The summed E-state index contributed by atoms with van der Waals surface area (Å²) in [4.78, 5) is 72.7. The molecule has 7 atom stereocenters. The summed E-state index contributed by atoms with van der Waals surface area (Å²) < 4.78 is 68.4. The molecule has 0 spiro atoms. The molecule has 0 aliphatic carbocycles. The van der Waals surface area contributed by atoms with E-state index in [4.69, 9.17) is 37.0 Å². The normalized spacial score (nSPS) is 14.5. The van der Waals surface area contributed by atoms with Crippen LogP contribution >= 0.6 is 15.6 Å². The van der Waals surface area contributed by atoms with Gasteiger partial charge in [-0.15, -0.1) is 0 Å². The zero-order valence-corrected chi connectivity index (χ0v) is 65.2. The van der Waals surface area contributed by atoms with Crippen molar-refractivity contribution >= 4 is 39.5 Å². The predicted octanol–water partition coefficient (Wildman–Crippen LogP) is 23.1. The molecular formula is C78H152O17P2. The fraction of sp³-hybridized carbons (Fsp3) is 0.949. The van der Waals surface area contributed by atoms with Crippen LogP contribution in [0.3, 0.4) is 0 Å². The van der Waals surface area contributed by atoms with Crippen LogP contribution in [-0.4, -0.2) is 96.7 Å². The number of phosphoric acid groups is 2.